The summed E-state index contributed by atoms with van der Waals surface area (Å²) in [5.74, 6) is -0.139. The van der Waals surface area contributed by atoms with E-state index in [2.05, 4.69) is 41.3 Å². The normalized spacial score (nSPS) is 17.9. The van der Waals surface area contributed by atoms with Gasteiger partial charge in [-0.05, 0) is 48.2 Å². The van der Waals surface area contributed by atoms with Crippen molar-refractivity contribution in [3.05, 3.63) is 58.8 Å². The van der Waals surface area contributed by atoms with Crippen LogP contribution in [0.3, 0.4) is 0 Å². The molecule has 5 nitrogen and oxygen atoms in total. The number of halogens is 2. The third-order valence-corrected chi connectivity index (χ3v) is 6.40. The van der Waals surface area contributed by atoms with Crippen molar-refractivity contribution >= 4 is 16.7 Å². The number of ketones is 1. The molecule has 2 heterocycles. The van der Waals surface area contributed by atoms with Crippen LogP contribution in [0.15, 0.2) is 36.4 Å². The van der Waals surface area contributed by atoms with Crippen molar-refractivity contribution in [3.63, 3.8) is 0 Å². The maximum absolute atomic E-state index is 13.4. The Hall–Kier alpha value is -3.40. The summed E-state index contributed by atoms with van der Waals surface area (Å²) < 4.78 is 35.8. The van der Waals surface area contributed by atoms with E-state index in [-0.39, 0.29) is 29.1 Å². The molecule has 1 aliphatic heterocycles. The van der Waals surface area contributed by atoms with E-state index in [1.54, 1.807) is 6.07 Å². The van der Waals surface area contributed by atoms with Crippen LogP contribution in [0, 0.1) is 11.3 Å². The van der Waals surface area contributed by atoms with Crippen molar-refractivity contribution < 1.29 is 23.0 Å². The molecule has 2 aliphatic rings. The second kappa shape index (κ2) is 6.55. The number of ether oxygens (including phenoxy) is 2. The van der Waals surface area contributed by atoms with Crippen LogP contribution in [-0.2, 0) is 22.0 Å². The zero-order valence-electron chi connectivity index (χ0n) is 18.0. The Balaban J connectivity index is 1.46. The summed E-state index contributed by atoms with van der Waals surface area (Å²) in [5.41, 5.74) is 2.83. The van der Waals surface area contributed by atoms with Gasteiger partial charge in [0, 0.05) is 28.4 Å². The molecular formula is C25H22F2N2O3. The Labute approximate surface area is 183 Å². The molecule has 1 fully saturated rings. The number of hydrogen-bond acceptors (Lipinski definition) is 4. The number of nitriles is 1. The number of H-pyrrole nitrogens is 1. The molecule has 2 aromatic carbocycles. The SMILES string of the molecule is CC(C)(C)c1cc2c(C#N)c(CC(=O)C3(c4ccc5c(c4)OC(F)(F)O5)CC3)ccc2[nH]1. The van der Waals surface area contributed by atoms with Gasteiger partial charge in [0.25, 0.3) is 0 Å². The van der Waals surface area contributed by atoms with E-state index in [0.717, 1.165) is 16.6 Å². The van der Waals surface area contributed by atoms with Gasteiger partial charge in [-0.2, -0.15) is 5.26 Å². The summed E-state index contributed by atoms with van der Waals surface area (Å²) >= 11 is 0. The van der Waals surface area contributed by atoms with Crippen molar-refractivity contribution in [3.8, 4) is 17.6 Å². The molecule has 0 unspecified atom stereocenters. The molecule has 0 spiro atoms. The average molecular weight is 436 g/mol. The van der Waals surface area contributed by atoms with Gasteiger partial charge < -0.3 is 14.5 Å². The quantitative estimate of drug-likeness (QED) is 0.586. The highest BCUT2D eigenvalue weighted by molar-refractivity contribution is 5.97. The summed E-state index contributed by atoms with van der Waals surface area (Å²) in [6, 6.07) is 12.5. The van der Waals surface area contributed by atoms with Gasteiger partial charge in [-0.1, -0.05) is 32.9 Å². The maximum atomic E-state index is 13.4. The fourth-order valence-electron chi connectivity index (χ4n) is 4.37. The molecule has 7 heteroatoms. The first kappa shape index (κ1) is 20.5. The fourth-order valence-corrected chi connectivity index (χ4v) is 4.37. The molecule has 3 aromatic rings. The topological polar surface area (TPSA) is 75.1 Å². The van der Waals surface area contributed by atoms with Gasteiger partial charge in [0.2, 0.25) is 0 Å². The van der Waals surface area contributed by atoms with Crippen LogP contribution < -0.4 is 9.47 Å². The summed E-state index contributed by atoms with van der Waals surface area (Å²) in [6.07, 6.45) is -2.34. The molecule has 0 bridgehead atoms. The number of carbonyl (C=O) groups is 1. The number of Topliss-reactive ketones (excluding diaryl/α,β-unsaturated/α-hetero) is 1. The zero-order chi connectivity index (χ0) is 22.9. The molecular weight excluding hydrogens is 414 g/mol. The van der Waals surface area contributed by atoms with Crippen LogP contribution in [0.2, 0.25) is 0 Å². The summed E-state index contributed by atoms with van der Waals surface area (Å²) in [5, 5.41) is 10.7. The minimum Gasteiger partial charge on any atom is -0.395 e. The van der Waals surface area contributed by atoms with E-state index in [1.807, 2.05) is 18.2 Å². The van der Waals surface area contributed by atoms with Crippen molar-refractivity contribution in [2.24, 2.45) is 0 Å². The zero-order valence-corrected chi connectivity index (χ0v) is 18.0. The lowest BCUT2D eigenvalue weighted by Crippen LogP contribution is -2.26. The third-order valence-electron chi connectivity index (χ3n) is 6.40. The Morgan fingerprint density at radius 3 is 2.50 bits per heavy atom. The number of carbonyl (C=O) groups excluding carboxylic acids is 1. The highest BCUT2D eigenvalue weighted by Gasteiger charge is 2.52. The van der Waals surface area contributed by atoms with Crippen LogP contribution in [-0.4, -0.2) is 17.1 Å². The van der Waals surface area contributed by atoms with Crippen molar-refractivity contribution in [1.82, 2.24) is 4.98 Å². The van der Waals surface area contributed by atoms with Crippen LogP contribution >= 0.6 is 0 Å². The fraction of sp³-hybridized carbons (Fsp3) is 0.360. The first-order valence-electron chi connectivity index (χ1n) is 10.5. The van der Waals surface area contributed by atoms with Gasteiger partial charge in [0.05, 0.1) is 11.0 Å². The van der Waals surface area contributed by atoms with Gasteiger partial charge >= 0.3 is 6.29 Å². The molecule has 0 saturated heterocycles. The standard InChI is InChI=1S/C25H22F2N2O3/c1-23(2,3)21-12-16-17(13-28)14(4-6-18(16)29-21)10-22(30)24(8-9-24)15-5-7-19-20(11-15)32-25(26,27)31-19/h4-7,11-12,29H,8-10H2,1-3H3. The summed E-state index contributed by atoms with van der Waals surface area (Å²) in [7, 11) is 0. The molecule has 5 rings (SSSR count). The second-order valence-electron chi connectivity index (χ2n) is 9.62. The number of fused-ring (bicyclic) bond motifs is 2. The predicted octanol–water partition coefficient (Wildman–Crippen LogP) is 5.50. The minimum atomic E-state index is -3.69. The highest BCUT2D eigenvalue weighted by atomic mass is 19.3. The average Bonchev–Trinajstić information content (AvgIpc) is 3.29. The van der Waals surface area contributed by atoms with E-state index in [0.29, 0.717) is 29.5 Å². The van der Waals surface area contributed by atoms with E-state index in [9.17, 15) is 18.8 Å². The largest absolute Gasteiger partial charge is 0.586 e. The van der Waals surface area contributed by atoms with Gasteiger partial charge in [-0.3, -0.25) is 4.79 Å². The Bertz CT molecular complexity index is 1310. The molecule has 1 aromatic heterocycles. The predicted molar refractivity (Wildman–Crippen MR) is 114 cm³/mol. The Morgan fingerprint density at radius 2 is 1.84 bits per heavy atom. The van der Waals surface area contributed by atoms with Crippen LogP contribution in [0.1, 0.15) is 56.0 Å². The van der Waals surface area contributed by atoms with Crippen molar-refractivity contribution in [2.75, 3.05) is 0 Å². The molecule has 0 radical (unpaired) electrons. The number of benzene rings is 2. The summed E-state index contributed by atoms with van der Waals surface area (Å²) in [6.45, 7) is 6.27. The lowest BCUT2D eigenvalue weighted by atomic mass is 9.86. The van der Waals surface area contributed by atoms with E-state index < -0.39 is 11.7 Å². The van der Waals surface area contributed by atoms with Gasteiger partial charge in [0.1, 0.15) is 11.9 Å². The third kappa shape index (κ3) is 3.22. The first-order valence-corrected chi connectivity index (χ1v) is 10.5. The monoisotopic (exact) mass is 436 g/mol. The lowest BCUT2D eigenvalue weighted by Gasteiger charge is -2.16. The Morgan fingerprint density at radius 1 is 1.12 bits per heavy atom. The number of aromatic amines is 1. The van der Waals surface area contributed by atoms with Gasteiger partial charge in [0.15, 0.2) is 11.5 Å². The van der Waals surface area contributed by atoms with Crippen molar-refractivity contribution in [1.29, 1.82) is 5.26 Å². The maximum Gasteiger partial charge on any atom is 0.586 e. The van der Waals surface area contributed by atoms with Crippen LogP contribution in [0.25, 0.3) is 10.9 Å². The van der Waals surface area contributed by atoms with E-state index in [4.69, 9.17) is 0 Å². The molecule has 1 saturated carbocycles. The van der Waals surface area contributed by atoms with E-state index >= 15 is 0 Å². The smallest absolute Gasteiger partial charge is 0.395 e. The van der Waals surface area contributed by atoms with Crippen molar-refractivity contribution in [2.45, 2.75) is 57.2 Å². The molecule has 0 atom stereocenters. The number of nitrogens with zero attached hydrogens (tertiary/aromatic N) is 1. The molecule has 0 amide bonds. The molecule has 32 heavy (non-hydrogen) atoms. The lowest BCUT2D eigenvalue weighted by molar-refractivity contribution is -0.286. The molecule has 164 valence electrons. The number of alkyl halides is 2. The first-order chi connectivity index (χ1) is 15.0. The highest BCUT2D eigenvalue weighted by Crippen LogP contribution is 2.52. The molecule has 1 N–H and O–H groups in total. The number of aromatic nitrogens is 1. The summed E-state index contributed by atoms with van der Waals surface area (Å²) in [4.78, 5) is 16.7. The number of nitrogens with one attached hydrogen (secondary N) is 1. The number of hydrogen-bond donors (Lipinski definition) is 1. The van der Waals surface area contributed by atoms with Crippen LogP contribution in [0.5, 0.6) is 11.5 Å². The Kier molecular flexibility index (Phi) is 4.20. The van der Waals surface area contributed by atoms with Crippen LogP contribution in [0.4, 0.5) is 8.78 Å². The second-order valence-corrected chi connectivity index (χ2v) is 9.62. The minimum absolute atomic E-state index is 0.0365. The molecule has 1 aliphatic carbocycles. The van der Waals surface area contributed by atoms with E-state index in [1.165, 1.54) is 12.1 Å². The number of rotatable bonds is 4. The van der Waals surface area contributed by atoms with Gasteiger partial charge in [-0.15, -0.1) is 8.78 Å². The van der Waals surface area contributed by atoms with Gasteiger partial charge in [-0.25, -0.2) is 0 Å².